The van der Waals surface area contributed by atoms with E-state index >= 15 is 0 Å². The molecule has 2 atom stereocenters. The van der Waals surface area contributed by atoms with Gasteiger partial charge in [0.05, 0.1) is 11.7 Å². The number of anilines is 1. The monoisotopic (exact) mass is 231 g/mol. The molecule has 0 spiro atoms. The Balaban J connectivity index is 1.96. The average molecular weight is 231 g/mol. The van der Waals surface area contributed by atoms with Gasteiger partial charge in [-0.2, -0.15) is 0 Å². The van der Waals surface area contributed by atoms with Crippen molar-refractivity contribution in [3.8, 4) is 0 Å². The lowest BCUT2D eigenvalue weighted by molar-refractivity contribution is -0.159. The fraction of sp³-hybridized carbons (Fsp3) is 0.500. The van der Waals surface area contributed by atoms with Gasteiger partial charge in [-0.15, -0.1) is 0 Å². The molecule has 3 fully saturated rings. The molecule has 2 bridgehead atoms. The molecular weight excluding hydrogens is 214 g/mol. The molecule has 1 aliphatic carbocycles. The maximum absolute atomic E-state index is 11.8. The van der Waals surface area contributed by atoms with E-state index < -0.39 is 0 Å². The van der Waals surface area contributed by atoms with Gasteiger partial charge in [0.25, 0.3) is 0 Å². The minimum Gasteiger partial charge on any atom is -0.297 e. The summed E-state index contributed by atoms with van der Waals surface area (Å²) in [6, 6.07) is 10.2. The predicted molar refractivity (Wildman–Crippen MR) is 65.6 cm³/mol. The molecule has 2 aliphatic heterocycles. The van der Waals surface area contributed by atoms with Gasteiger partial charge in [0.15, 0.2) is 5.78 Å². The van der Waals surface area contributed by atoms with Crippen LogP contribution in [0.1, 0.15) is 26.7 Å². The molecule has 3 nitrogen and oxygen atoms in total. The molecule has 0 N–H and O–H groups in total. The highest BCUT2D eigenvalue weighted by molar-refractivity contribution is 5.86. The molecular formula is C14H17NO2. The second-order valence-electron chi connectivity index (χ2n) is 5.63. The van der Waals surface area contributed by atoms with Crippen molar-refractivity contribution in [2.75, 3.05) is 5.06 Å². The SMILES string of the molecule is CC1(C)CC2ON(c3ccccc3)C1CC2=O. The van der Waals surface area contributed by atoms with Gasteiger partial charge in [-0.25, -0.2) is 5.06 Å². The predicted octanol–water partition coefficient (Wildman–Crippen LogP) is 2.56. The lowest BCUT2D eigenvalue weighted by Gasteiger charge is -2.53. The number of ketones is 1. The number of nitrogens with zero attached hydrogens (tertiary/aromatic N) is 1. The van der Waals surface area contributed by atoms with Crippen molar-refractivity contribution in [2.24, 2.45) is 5.41 Å². The van der Waals surface area contributed by atoms with Crippen molar-refractivity contribution in [1.82, 2.24) is 0 Å². The summed E-state index contributed by atoms with van der Waals surface area (Å²) in [5, 5.41) is 1.94. The van der Waals surface area contributed by atoms with E-state index in [1.54, 1.807) is 0 Å². The molecule has 0 radical (unpaired) electrons. The van der Waals surface area contributed by atoms with Crippen molar-refractivity contribution in [2.45, 2.75) is 38.8 Å². The lowest BCUT2D eigenvalue weighted by atomic mass is 9.70. The van der Waals surface area contributed by atoms with Crippen LogP contribution in [0, 0.1) is 5.41 Å². The first-order valence-corrected chi connectivity index (χ1v) is 6.12. The molecule has 2 unspecified atom stereocenters. The van der Waals surface area contributed by atoms with E-state index in [2.05, 4.69) is 13.8 Å². The maximum Gasteiger partial charge on any atom is 0.166 e. The highest BCUT2D eigenvalue weighted by Gasteiger charge is 2.51. The molecule has 0 aromatic heterocycles. The average Bonchev–Trinajstić information content (AvgIpc) is 2.31. The van der Waals surface area contributed by atoms with Crippen molar-refractivity contribution < 1.29 is 9.63 Å². The number of Topliss-reactive ketones (excluding diaryl/α,β-unsaturated/α-hetero) is 1. The van der Waals surface area contributed by atoms with Gasteiger partial charge in [-0.3, -0.25) is 9.63 Å². The second kappa shape index (κ2) is 3.57. The first kappa shape index (κ1) is 10.8. The Morgan fingerprint density at radius 1 is 1.29 bits per heavy atom. The van der Waals surface area contributed by atoms with Crippen molar-refractivity contribution in [3.63, 3.8) is 0 Å². The van der Waals surface area contributed by atoms with E-state index in [1.807, 2.05) is 35.4 Å². The normalized spacial score (nSPS) is 30.7. The van der Waals surface area contributed by atoms with Crippen LogP contribution in [-0.2, 0) is 9.63 Å². The number of carbonyl (C=O) groups excluding carboxylic acids is 1. The van der Waals surface area contributed by atoms with Crippen LogP contribution in [0.25, 0.3) is 0 Å². The van der Waals surface area contributed by atoms with Crippen LogP contribution in [0.15, 0.2) is 30.3 Å². The highest BCUT2D eigenvalue weighted by Crippen LogP contribution is 2.45. The number of carbonyl (C=O) groups is 1. The number of rotatable bonds is 1. The summed E-state index contributed by atoms with van der Waals surface area (Å²) in [5.41, 5.74) is 1.18. The van der Waals surface area contributed by atoms with Gasteiger partial charge < -0.3 is 0 Å². The number of para-hydroxylation sites is 1. The summed E-state index contributed by atoms with van der Waals surface area (Å²) < 4.78 is 0. The summed E-state index contributed by atoms with van der Waals surface area (Å²) in [6.45, 7) is 4.44. The largest absolute Gasteiger partial charge is 0.297 e. The van der Waals surface area contributed by atoms with E-state index in [-0.39, 0.29) is 23.3 Å². The second-order valence-corrected chi connectivity index (χ2v) is 5.63. The van der Waals surface area contributed by atoms with Crippen LogP contribution < -0.4 is 5.06 Å². The van der Waals surface area contributed by atoms with Crippen LogP contribution in [0.3, 0.4) is 0 Å². The summed E-state index contributed by atoms with van der Waals surface area (Å²) >= 11 is 0. The Morgan fingerprint density at radius 2 is 2.00 bits per heavy atom. The third kappa shape index (κ3) is 1.65. The van der Waals surface area contributed by atoms with E-state index in [1.165, 1.54) is 0 Å². The van der Waals surface area contributed by atoms with Gasteiger partial charge >= 0.3 is 0 Å². The number of hydrogen-bond donors (Lipinski definition) is 0. The summed E-state index contributed by atoms with van der Waals surface area (Å²) in [6.07, 6.45) is 1.18. The molecule has 3 heteroatoms. The third-order valence-electron chi connectivity index (χ3n) is 3.90. The molecule has 2 heterocycles. The Labute approximate surface area is 101 Å². The maximum atomic E-state index is 11.8. The van der Waals surface area contributed by atoms with Crippen LogP contribution in [-0.4, -0.2) is 17.9 Å². The smallest absolute Gasteiger partial charge is 0.166 e. The van der Waals surface area contributed by atoms with Crippen LogP contribution in [0.4, 0.5) is 5.69 Å². The zero-order chi connectivity index (χ0) is 12.0. The minimum absolute atomic E-state index is 0.132. The standard InChI is InChI=1S/C14H17NO2/c1-14(2)9-12-11(16)8-13(14)15(17-12)10-6-4-3-5-7-10/h3-7,12-13H,8-9H2,1-2H3. The summed E-state index contributed by atoms with van der Waals surface area (Å²) in [5.74, 6) is 0.251. The van der Waals surface area contributed by atoms with E-state index in [0.29, 0.717) is 6.42 Å². The Morgan fingerprint density at radius 3 is 2.65 bits per heavy atom. The number of benzene rings is 1. The van der Waals surface area contributed by atoms with Crippen molar-refractivity contribution in [3.05, 3.63) is 30.3 Å². The molecule has 4 rings (SSSR count). The third-order valence-corrected chi connectivity index (χ3v) is 3.90. The van der Waals surface area contributed by atoms with Crippen molar-refractivity contribution >= 4 is 11.5 Å². The summed E-state index contributed by atoms with van der Waals surface area (Å²) in [4.78, 5) is 17.6. The minimum atomic E-state index is -0.254. The van der Waals surface area contributed by atoms with Crippen LogP contribution in [0.2, 0.25) is 0 Å². The number of hydrogen-bond acceptors (Lipinski definition) is 3. The van der Waals surface area contributed by atoms with Gasteiger partial charge in [0.2, 0.25) is 0 Å². The molecule has 3 aliphatic rings. The zero-order valence-electron chi connectivity index (χ0n) is 10.2. The molecule has 1 aromatic rings. The first-order chi connectivity index (χ1) is 8.08. The number of fused-ring (bicyclic) bond motifs is 3. The molecule has 17 heavy (non-hydrogen) atoms. The van der Waals surface area contributed by atoms with Crippen molar-refractivity contribution in [1.29, 1.82) is 0 Å². The highest BCUT2D eigenvalue weighted by atomic mass is 16.7. The van der Waals surface area contributed by atoms with Gasteiger partial charge in [0, 0.05) is 6.42 Å². The molecule has 90 valence electrons. The fourth-order valence-corrected chi connectivity index (χ4v) is 2.85. The van der Waals surface area contributed by atoms with E-state index in [0.717, 1.165) is 12.1 Å². The quantitative estimate of drug-likeness (QED) is 0.744. The van der Waals surface area contributed by atoms with Gasteiger partial charge in [-0.1, -0.05) is 32.0 Å². The molecule has 1 aromatic carbocycles. The van der Waals surface area contributed by atoms with Crippen LogP contribution >= 0.6 is 0 Å². The van der Waals surface area contributed by atoms with Crippen LogP contribution in [0.5, 0.6) is 0 Å². The Bertz CT molecular complexity index is 441. The number of hydroxylamine groups is 1. The molecule has 0 amide bonds. The first-order valence-electron chi connectivity index (χ1n) is 6.12. The Hall–Kier alpha value is -1.35. The molecule has 2 saturated heterocycles. The Kier molecular flexibility index (Phi) is 2.26. The topological polar surface area (TPSA) is 29.5 Å². The van der Waals surface area contributed by atoms with E-state index in [9.17, 15) is 4.79 Å². The van der Waals surface area contributed by atoms with Gasteiger partial charge in [-0.05, 0) is 24.0 Å². The summed E-state index contributed by atoms with van der Waals surface area (Å²) in [7, 11) is 0. The zero-order valence-corrected chi connectivity index (χ0v) is 10.2. The van der Waals surface area contributed by atoms with Gasteiger partial charge in [0.1, 0.15) is 6.10 Å². The van der Waals surface area contributed by atoms with E-state index in [4.69, 9.17) is 4.84 Å². The fourth-order valence-electron chi connectivity index (χ4n) is 2.85. The lowest BCUT2D eigenvalue weighted by Crippen LogP contribution is -2.61. The molecule has 1 saturated carbocycles.